The second kappa shape index (κ2) is 6.33. The molecule has 6 heteroatoms. The van der Waals surface area contributed by atoms with Crippen LogP contribution in [0.2, 0.25) is 0 Å². The lowest BCUT2D eigenvalue weighted by Crippen LogP contribution is -2.29. The van der Waals surface area contributed by atoms with Crippen molar-refractivity contribution in [1.29, 1.82) is 0 Å². The maximum atomic E-state index is 10.1. The quantitative estimate of drug-likeness (QED) is 0.470. The lowest BCUT2D eigenvalue weighted by Gasteiger charge is -1.99. The van der Waals surface area contributed by atoms with Gasteiger partial charge in [-0.1, -0.05) is 0 Å². The average molecular weight is 204 g/mol. The molecule has 1 aliphatic heterocycles. The summed E-state index contributed by atoms with van der Waals surface area (Å²) >= 11 is 0. The molecule has 14 heavy (non-hydrogen) atoms. The Hall–Kier alpha value is -1.14. The third-order valence-corrected chi connectivity index (χ3v) is 1.75. The van der Waals surface area contributed by atoms with E-state index in [1.165, 1.54) is 6.92 Å². The van der Waals surface area contributed by atoms with Gasteiger partial charge in [0.1, 0.15) is 12.1 Å². The number of carbonyl (C=O) groups is 2. The van der Waals surface area contributed by atoms with Crippen LogP contribution >= 0.6 is 0 Å². The van der Waals surface area contributed by atoms with Crippen LogP contribution < -0.4 is 11.1 Å². The summed E-state index contributed by atoms with van der Waals surface area (Å²) in [6.45, 7) is 2.28. The monoisotopic (exact) mass is 204 g/mol. The maximum Gasteiger partial charge on any atom is 0.320 e. The fraction of sp³-hybridized carbons (Fsp3) is 0.750. The molecule has 5 N–H and O–H groups in total. The maximum absolute atomic E-state index is 10.1. The molecule has 0 spiro atoms. The minimum absolute atomic E-state index is 0.269. The van der Waals surface area contributed by atoms with Gasteiger partial charge in [0.2, 0.25) is 0 Å². The Morgan fingerprint density at radius 2 is 2.00 bits per heavy atom. The number of hydrogen-bond acceptors (Lipinski definition) is 4. The molecule has 0 amide bonds. The first-order valence-corrected chi connectivity index (χ1v) is 4.39. The van der Waals surface area contributed by atoms with Crippen LogP contribution in [0.3, 0.4) is 0 Å². The third-order valence-electron chi connectivity index (χ3n) is 1.75. The summed E-state index contributed by atoms with van der Waals surface area (Å²) in [7, 11) is 0. The van der Waals surface area contributed by atoms with Crippen molar-refractivity contribution >= 4 is 11.9 Å². The summed E-state index contributed by atoms with van der Waals surface area (Å²) in [5.41, 5.74) is 4.84. The second-order valence-electron chi connectivity index (χ2n) is 3.11. The lowest BCUT2D eigenvalue weighted by atomic mass is 10.2. The van der Waals surface area contributed by atoms with Crippen molar-refractivity contribution in [3.8, 4) is 0 Å². The van der Waals surface area contributed by atoms with Crippen molar-refractivity contribution in [2.75, 3.05) is 6.54 Å². The highest BCUT2D eigenvalue weighted by molar-refractivity contribution is 5.73. The number of aliphatic carboxylic acids is 2. The smallest absolute Gasteiger partial charge is 0.320 e. The van der Waals surface area contributed by atoms with Gasteiger partial charge >= 0.3 is 11.9 Å². The number of hydrogen-bond donors (Lipinski definition) is 4. The van der Waals surface area contributed by atoms with Gasteiger partial charge in [-0.05, 0) is 26.3 Å². The van der Waals surface area contributed by atoms with Crippen LogP contribution in [0.5, 0.6) is 0 Å². The van der Waals surface area contributed by atoms with Crippen molar-refractivity contribution in [2.24, 2.45) is 5.73 Å². The molecule has 0 bridgehead atoms. The van der Waals surface area contributed by atoms with Crippen LogP contribution in [-0.4, -0.2) is 40.8 Å². The molecule has 6 nitrogen and oxygen atoms in total. The van der Waals surface area contributed by atoms with Crippen LogP contribution in [-0.2, 0) is 9.59 Å². The Bertz CT molecular complexity index is 200. The van der Waals surface area contributed by atoms with Gasteiger partial charge in [-0.3, -0.25) is 9.59 Å². The zero-order valence-electron chi connectivity index (χ0n) is 8.06. The van der Waals surface area contributed by atoms with E-state index in [-0.39, 0.29) is 6.04 Å². The summed E-state index contributed by atoms with van der Waals surface area (Å²) in [5.74, 6) is -1.68. The summed E-state index contributed by atoms with van der Waals surface area (Å²) in [4.78, 5) is 19.7. The fourth-order valence-electron chi connectivity index (χ4n) is 0.895. The van der Waals surface area contributed by atoms with Crippen molar-refractivity contribution in [1.82, 2.24) is 5.32 Å². The zero-order chi connectivity index (χ0) is 11.1. The number of nitrogens with one attached hydrogen (secondary N) is 1. The first-order chi connectivity index (χ1) is 6.45. The first kappa shape index (κ1) is 12.9. The molecule has 82 valence electrons. The summed E-state index contributed by atoms with van der Waals surface area (Å²) in [6, 6.07) is -1.00. The predicted molar refractivity (Wildman–Crippen MR) is 49.9 cm³/mol. The van der Waals surface area contributed by atoms with E-state index in [4.69, 9.17) is 15.9 Å². The highest BCUT2D eigenvalue weighted by atomic mass is 16.4. The Kier molecular flexibility index (Phi) is 5.82. The van der Waals surface area contributed by atoms with Gasteiger partial charge in [0.15, 0.2) is 0 Å². The van der Waals surface area contributed by atoms with Crippen molar-refractivity contribution in [3.63, 3.8) is 0 Å². The van der Waals surface area contributed by atoms with Crippen molar-refractivity contribution in [2.45, 2.75) is 31.8 Å². The highest BCUT2D eigenvalue weighted by Gasteiger charge is 2.20. The van der Waals surface area contributed by atoms with Gasteiger partial charge in [-0.2, -0.15) is 0 Å². The molecule has 0 aromatic carbocycles. The molecule has 1 saturated heterocycles. The molecule has 0 aromatic heterocycles. The van der Waals surface area contributed by atoms with Gasteiger partial charge in [0, 0.05) is 0 Å². The highest BCUT2D eigenvalue weighted by Crippen LogP contribution is 2.03. The van der Waals surface area contributed by atoms with Crippen LogP contribution in [0.15, 0.2) is 0 Å². The normalized spacial score (nSPS) is 22.0. The zero-order valence-corrected chi connectivity index (χ0v) is 8.06. The summed E-state index contributed by atoms with van der Waals surface area (Å²) in [5, 5.41) is 19.1. The fourth-order valence-corrected chi connectivity index (χ4v) is 0.895. The largest absolute Gasteiger partial charge is 0.480 e. The van der Waals surface area contributed by atoms with E-state index in [1.807, 2.05) is 0 Å². The molecule has 1 heterocycles. The van der Waals surface area contributed by atoms with Crippen LogP contribution in [0, 0.1) is 0 Å². The molecule has 0 unspecified atom stereocenters. The second-order valence-corrected chi connectivity index (χ2v) is 3.11. The lowest BCUT2D eigenvalue weighted by molar-refractivity contribution is -0.139. The van der Waals surface area contributed by atoms with Gasteiger partial charge in [-0.15, -0.1) is 0 Å². The van der Waals surface area contributed by atoms with E-state index in [0.717, 1.165) is 19.4 Å². The Balaban J connectivity index is 0.000000255. The van der Waals surface area contributed by atoms with Crippen LogP contribution in [0.25, 0.3) is 0 Å². The minimum Gasteiger partial charge on any atom is -0.480 e. The van der Waals surface area contributed by atoms with E-state index in [9.17, 15) is 9.59 Å². The number of carboxylic acid groups (broad SMARTS) is 2. The van der Waals surface area contributed by atoms with E-state index in [2.05, 4.69) is 5.32 Å². The molecule has 1 rings (SSSR count). The van der Waals surface area contributed by atoms with E-state index >= 15 is 0 Å². The molecule has 0 aromatic rings. The van der Waals surface area contributed by atoms with Gasteiger partial charge in [-0.25, -0.2) is 0 Å². The van der Waals surface area contributed by atoms with Crippen molar-refractivity contribution in [3.05, 3.63) is 0 Å². The van der Waals surface area contributed by atoms with Gasteiger partial charge in [0.25, 0.3) is 0 Å². The molecular formula is C8H16N2O4. The standard InChI is InChI=1S/C5H9NO2.C3H7NO2/c7-5(8)4-2-1-3-6-4;1-2(4)3(5)6/h4,6H,1-3H2,(H,7,8);2H,4H2,1H3,(H,5,6)/t4-;2-/m10/s1. The van der Waals surface area contributed by atoms with Gasteiger partial charge < -0.3 is 21.3 Å². The summed E-state index contributed by atoms with van der Waals surface area (Å²) < 4.78 is 0. The Morgan fingerprint density at radius 1 is 1.50 bits per heavy atom. The molecule has 1 fully saturated rings. The first-order valence-electron chi connectivity index (χ1n) is 4.39. The van der Waals surface area contributed by atoms with Crippen LogP contribution in [0.4, 0.5) is 0 Å². The van der Waals surface area contributed by atoms with E-state index in [0.29, 0.717) is 0 Å². The minimum atomic E-state index is -0.963. The molecule has 2 atom stereocenters. The number of rotatable bonds is 2. The topological polar surface area (TPSA) is 113 Å². The predicted octanol–water partition coefficient (Wildman–Crippen LogP) is -0.759. The molecule has 0 aliphatic carbocycles. The molecule has 1 aliphatic rings. The SMILES string of the molecule is C[C@H](N)C(=O)O.O=C(O)[C@H]1CCCN1. The number of nitrogens with two attached hydrogens (primary N) is 1. The third kappa shape index (κ3) is 5.50. The van der Waals surface area contributed by atoms with E-state index in [1.54, 1.807) is 0 Å². The Morgan fingerprint density at radius 3 is 2.14 bits per heavy atom. The van der Waals surface area contributed by atoms with Crippen molar-refractivity contribution < 1.29 is 19.8 Å². The summed E-state index contributed by atoms with van der Waals surface area (Å²) in [6.07, 6.45) is 1.78. The van der Waals surface area contributed by atoms with E-state index < -0.39 is 18.0 Å². The molecule has 0 radical (unpaired) electrons. The van der Waals surface area contributed by atoms with Crippen LogP contribution in [0.1, 0.15) is 19.8 Å². The molecule has 0 saturated carbocycles. The average Bonchev–Trinajstić information content (AvgIpc) is 2.56. The molecular weight excluding hydrogens is 188 g/mol. The number of carboxylic acids is 2. The van der Waals surface area contributed by atoms with Gasteiger partial charge in [0.05, 0.1) is 0 Å². The Labute approximate surface area is 82.1 Å².